The number of methoxy groups -OCH3 is 1. The van der Waals surface area contributed by atoms with Gasteiger partial charge in [0.2, 0.25) is 11.8 Å². The predicted octanol–water partition coefficient (Wildman–Crippen LogP) is 2.40. The van der Waals surface area contributed by atoms with Gasteiger partial charge in [-0.2, -0.15) is 0 Å². The van der Waals surface area contributed by atoms with Gasteiger partial charge in [-0.05, 0) is 49.3 Å². The van der Waals surface area contributed by atoms with Crippen molar-refractivity contribution in [3.05, 3.63) is 29.5 Å². The molecule has 2 amide bonds. The minimum atomic E-state index is -0.463. The number of nitrogens with one attached hydrogen (secondary N) is 1. The Bertz CT molecular complexity index is 887. The third kappa shape index (κ3) is 2.87. The first-order valence-electron chi connectivity index (χ1n) is 8.87. The topological polar surface area (TPSA) is 98.5 Å². The lowest BCUT2D eigenvalue weighted by Crippen LogP contribution is -2.39. The molecule has 26 heavy (non-hydrogen) atoms. The number of ether oxygens (including phenoxy) is 1. The second-order valence-electron chi connectivity index (χ2n) is 7.06. The predicted molar refractivity (Wildman–Crippen MR) is 91.2 cm³/mol. The Morgan fingerprint density at radius 3 is 2.88 bits per heavy atom. The number of piperidine rings is 1. The maximum Gasteiger partial charge on any atom is 0.308 e. The highest BCUT2D eigenvalue weighted by molar-refractivity contribution is 6.02. The van der Waals surface area contributed by atoms with E-state index in [2.05, 4.69) is 10.5 Å². The largest absolute Gasteiger partial charge is 0.469 e. The Balaban J connectivity index is 1.57. The molecule has 7 heteroatoms. The van der Waals surface area contributed by atoms with E-state index in [4.69, 9.17) is 9.26 Å². The van der Waals surface area contributed by atoms with Gasteiger partial charge in [-0.1, -0.05) is 11.2 Å². The summed E-state index contributed by atoms with van der Waals surface area (Å²) in [5, 5.41) is 7.25. The molecule has 1 saturated heterocycles. The second kappa shape index (κ2) is 6.55. The molecule has 1 aromatic carbocycles. The molecule has 3 atom stereocenters. The number of carbonyl (C=O) groups excluding carboxylic acids is 3. The summed E-state index contributed by atoms with van der Waals surface area (Å²) in [6, 6.07) is 5.88. The van der Waals surface area contributed by atoms with Gasteiger partial charge >= 0.3 is 5.97 Å². The van der Waals surface area contributed by atoms with Gasteiger partial charge < -0.3 is 9.26 Å². The fourth-order valence-electron chi connectivity index (χ4n) is 4.10. The van der Waals surface area contributed by atoms with Crippen molar-refractivity contribution < 1.29 is 23.6 Å². The maximum absolute atomic E-state index is 12.1. The van der Waals surface area contributed by atoms with Gasteiger partial charge in [0.25, 0.3) is 0 Å². The second-order valence-corrected chi connectivity index (χ2v) is 7.06. The third-order valence-electron chi connectivity index (χ3n) is 5.53. The van der Waals surface area contributed by atoms with E-state index in [1.165, 1.54) is 7.11 Å². The van der Waals surface area contributed by atoms with Crippen molar-refractivity contribution in [1.82, 2.24) is 10.5 Å². The van der Waals surface area contributed by atoms with Crippen LogP contribution in [0.2, 0.25) is 0 Å². The smallest absolute Gasteiger partial charge is 0.308 e. The first-order valence-corrected chi connectivity index (χ1v) is 8.87. The fraction of sp³-hybridized carbons (Fsp3) is 0.474. The average molecular weight is 356 g/mol. The van der Waals surface area contributed by atoms with Crippen LogP contribution in [0.25, 0.3) is 11.0 Å². The van der Waals surface area contributed by atoms with E-state index < -0.39 is 5.92 Å². The van der Waals surface area contributed by atoms with Gasteiger partial charge in [-0.3, -0.25) is 19.7 Å². The van der Waals surface area contributed by atoms with Crippen molar-refractivity contribution in [2.24, 2.45) is 5.92 Å². The highest BCUT2D eigenvalue weighted by Gasteiger charge is 2.33. The SMILES string of the molecule is COC(=O)[C@@H]1CCC(c2ccc3c(C4CCC(=O)NC4=O)noc3c2)C1. The van der Waals surface area contributed by atoms with Crippen LogP contribution in [0.15, 0.2) is 22.7 Å². The quantitative estimate of drug-likeness (QED) is 0.670. The highest BCUT2D eigenvalue weighted by atomic mass is 16.5. The number of fused-ring (bicyclic) bond motifs is 1. The van der Waals surface area contributed by atoms with E-state index in [1.807, 2.05) is 18.2 Å². The number of carbonyl (C=O) groups is 3. The van der Waals surface area contributed by atoms with Gasteiger partial charge in [0, 0.05) is 11.8 Å². The molecule has 136 valence electrons. The van der Waals surface area contributed by atoms with Crippen LogP contribution in [-0.2, 0) is 19.1 Å². The molecule has 1 aliphatic heterocycles. The van der Waals surface area contributed by atoms with Gasteiger partial charge in [-0.25, -0.2) is 0 Å². The molecule has 2 aromatic rings. The van der Waals surface area contributed by atoms with Crippen LogP contribution in [0.3, 0.4) is 0 Å². The standard InChI is InChI=1S/C19H20N2O5/c1-25-19(24)12-3-2-10(8-12)11-4-5-13-15(9-11)26-21-17(13)14-6-7-16(22)20-18(14)23/h4-5,9-10,12,14H,2-3,6-8H2,1H3,(H,20,22,23)/t10?,12-,14?/m1/s1. The molecule has 2 unspecified atom stereocenters. The summed E-state index contributed by atoms with van der Waals surface area (Å²) in [5.74, 6) is -0.939. The molecule has 2 aliphatic rings. The Hall–Kier alpha value is -2.70. The number of hydrogen-bond donors (Lipinski definition) is 1. The van der Waals surface area contributed by atoms with Crippen LogP contribution in [0.4, 0.5) is 0 Å². The summed E-state index contributed by atoms with van der Waals surface area (Å²) >= 11 is 0. The zero-order chi connectivity index (χ0) is 18.3. The van der Waals surface area contributed by atoms with Crippen molar-refractivity contribution >= 4 is 28.8 Å². The lowest BCUT2D eigenvalue weighted by Gasteiger charge is -2.18. The highest BCUT2D eigenvalue weighted by Crippen LogP contribution is 2.40. The number of nitrogens with zero attached hydrogens (tertiary/aromatic N) is 1. The monoisotopic (exact) mass is 356 g/mol. The molecule has 2 heterocycles. The Morgan fingerprint density at radius 1 is 1.27 bits per heavy atom. The summed E-state index contributed by atoms with van der Waals surface area (Å²) in [5.41, 5.74) is 2.31. The summed E-state index contributed by atoms with van der Waals surface area (Å²) in [7, 11) is 1.42. The van der Waals surface area contributed by atoms with E-state index in [0.29, 0.717) is 24.1 Å². The fourth-order valence-corrected chi connectivity index (χ4v) is 4.10. The molecule has 1 aromatic heterocycles. The lowest BCUT2D eigenvalue weighted by molar-refractivity contribution is -0.145. The van der Waals surface area contributed by atoms with Gasteiger partial charge in [0.1, 0.15) is 5.69 Å². The van der Waals surface area contributed by atoms with Crippen LogP contribution >= 0.6 is 0 Å². The minimum Gasteiger partial charge on any atom is -0.469 e. The van der Waals surface area contributed by atoms with Gasteiger partial charge in [-0.15, -0.1) is 0 Å². The van der Waals surface area contributed by atoms with Crippen molar-refractivity contribution in [1.29, 1.82) is 0 Å². The molecule has 2 fully saturated rings. The van der Waals surface area contributed by atoms with Crippen LogP contribution in [0.5, 0.6) is 0 Å². The van der Waals surface area contributed by atoms with Crippen molar-refractivity contribution in [3.8, 4) is 0 Å². The van der Waals surface area contributed by atoms with Crippen molar-refractivity contribution in [2.45, 2.75) is 43.9 Å². The number of benzene rings is 1. The normalized spacial score (nSPS) is 26.1. The van der Waals surface area contributed by atoms with Gasteiger partial charge in [0.15, 0.2) is 5.58 Å². The minimum absolute atomic E-state index is 0.0468. The molecule has 1 N–H and O–H groups in total. The molecule has 0 radical (unpaired) electrons. The van der Waals surface area contributed by atoms with E-state index in [1.54, 1.807) is 0 Å². The summed E-state index contributed by atoms with van der Waals surface area (Å²) < 4.78 is 10.3. The zero-order valence-corrected chi connectivity index (χ0v) is 14.5. The third-order valence-corrected chi connectivity index (χ3v) is 5.53. The Kier molecular flexibility index (Phi) is 4.22. The summed E-state index contributed by atoms with van der Waals surface area (Å²) in [6.07, 6.45) is 3.27. The first-order chi connectivity index (χ1) is 12.6. The number of aromatic nitrogens is 1. The van der Waals surface area contributed by atoms with E-state index in [0.717, 1.165) is 30.2 Å². The molecule has 0 bridgehead atoms. The number of esters is 1. The molecule has 4 rings (SSSR count). The van der Waals surface area contributed by atoms with E-state index >= 15 is 0 Å². The number of hydrogen-bond acceptors (Lipinski definition) is 6. The van der Waals surface area contributed by atoms with Crippen LogP contribution < -0.4 is 5.32 Å². The van der Waals surface area contributed by atoms with Crippen LogP contribution in [-0.4, -0.2) is 30.1 Å². The number of imide groups is 1. The molecular formula is C19H20N2O5. The molecule has 7 nitrogen and oxygen atoms in total. The lowest BCUT2D eigenvalue weighted by atomic mass is 9.91. The van der Waals surface area contributed by atoms with Crippen LogP contribution in [0.1, 0.15) is 55.2 Å². The molecule has 0 spiro atoms. The van der Waals surface area contributed by atoms with E-state index in [-0.39, 0.29) is 29.6 Å². The summed E-state index contributed by atoms with van der Waals surface area (Å²) in [4.78, 5) is 35.1. The molecular weight excluding hydrogens is 336 g/mol. The zero-order valence-electron chi connectivity index (χ0n) is 14.5. The first kappa shape index (κ1) is 16.8. The maximum atomic E-state index is 12.1. The summed E-state index contributed by atoms with van der Waals surface area (Å²) in [6.45, 7) is 0. The van der Waals surface area contributed by atoms with E-state index in [9.17, 15) is 14.4 Å². The van der Waals surface area contributed by atoms with Crippen LogP contribution in [0, 0.1) is 5.92 Å². The molecule has 1 saturated carbocycles. The van der Waals surface area contributed by atoms with Crippen molar-refractivity contribution in [3.63, 3.8) is 0 Å². The Labute approximate surface area is 150 Å². The number of rotatable bonds is 3. The average Bonchev–Trinajstić information content (AvgIpc) is 3.28. The number of amides is 2. The van der Waals surface area contributed by atoms with Gasteiger partial charge in [0.05, 0.1) is 18.9 Å². The molecule has 1 aliphatic carbocycles. The Morgan fingerprint density at radius 2 is 2.12 bits per heavy atom. The van der Waals surface area contributed by atoms with Crippen molar-refractivity contribution in [2.75, 3.05) is 7.11 Å².